The zero-order chi connectivity index (χ0) is 23.9. The summed E-state index contributed by atoms with van der Waals surface area (Å²) in [5, 5.41) is 13.7. The van der Waals surface area contributed by atoms with E-state index in [1.54, 1.807) is 30.3 Å². The van der Waals surface area contributed by atoms with Gasteiger partial charge in [-0.25, -0.2) is 0 Å². The first-order valence-corrected chi connectivity index (χ1v) is 11.7. The van der Waals surface area contributed by atoms with E-state index in [4.69, 9.17) is 4.74 Å². The fourth-order valence-electron chi connectivity index (χ4n) is 4.33. The first kappa shape index (κ1) is 23.7. The Hall–Kier alpha value is -3.48. The van der Waals surface area contributed by atoms with Crippen LogP contribution in [0.5, 0.6) is 5.75 Å². The number of benzene rings is 3. The summed E-state index contributed by atoms with van der Waals surface area (Å²) in [7, 11) is 0. The van der Waals surface area contributed by atoms with E-state index in [0.717, 1.165) is 26.1 Å². The Bertz CT molecular complexity index is 1160. The summed E-state index contributed by atoms with van der Waals surface area (Å²) < 4.78 is 5.55. The number of carbonyl (C=O) groups excluding carboxylic acids is 2. The largest absolute Gasteiger partial charge is 0.507 e. The maximum absolute atomic E-state index is 13.2. The molecule has 0 radical (unpaired) electrons. The van der Waals surface area contributed by atoms with E-state index in [9.17, 15) is 14.7 Å². The standard InChI is InChI=1S/C28H30N2O4/c1-2-34-18-17-30(19-20-9-4-3-5-10-20)16-8-15-29-23-13-14-24(31)26-25(23)27(32)21-11-6-7-12-22(21)28(26)33/h3-7,9-14,29,31H,2,8,15-19H2,1H3. The lowest BCUT2D eigenvalue weighted by atomic mass is 9.82. The Balaban J connectivity index is 1.43. The summed E-state index contributed by atoms with van der Waals surface area (Å²) in [6, 6.07) is 20.2. The van der Waals surface area contributed by atoms with Crippen LogP contribution in [0.3, 0.4) is 0 Å². The lowest BCUT2D eigenvalue weighted by Gasteiger charge is -2.24. The number of ketones is 2. The van der Waals surface area contributed by atoms with Crippen molar-refractivity contribution in [2.45, 2.75) is 19.9 Å². The molecular formula is C28H30N2O4. The van der Waals surface area contributed by atoms with Crippen molar-refractivity contribution in [1.82, 2.24) is 4.90 Å². The van der Waals surface area contributed by atoms with Crippen LogP contribution in [-0.4, -0.2) is 54.4 Å². The van der Waals surface area contributed by atoms with E-state index in [0.29, 0.717) is 36.6 Å². The van der Waals surface area contributed by atoms with Crippen LogP contribution in [-0.2, 0) is 11.3 Å². The molecule has 0 heterocycles. The lowest BCUT2D eigenvalue weighted by molar-refractivity contribution is 0.0977. The highest BCUT2D eigenvalue weighted by molar-refractivity contribution is 6.31. The van der Waals surface area contributed by atoms with Crippen molar-refractivity contribution in [3.63, 3.8) is 0 Å². The van der Waals surface area contributed by atoms with Gasteiger partial charge in [-0.15, -0.1) is 0 Å². The number of hydrogen-bond acceptors (Lipinski definition) is 6. The molecule has 0 atom stereocenters. The van der Waals surface area contributed by atoms with Crippen molar-refractivity contribution in [2.75, 3.05) is 38.2 Å². The molecule has 0 bridgehead atoms. The molecule has 0 saturated heterocycles. The lowest BCUT2D eigenvalue weighted by Crippen LogP contribution is -2.29. The van der Waals surface area contributed by atoms with Crippen LogP contribution in [0.2, 0.25) is 0 Å². The third-order valence-electron chi connectivity index (χ3n) is 6.03. The number of phenols is 1. The number of nitrogens with zero attached hydrogens (tertiary/aromatic N) is 1. The first-order valence-electron chi connectivity index (χ1n) is 11.7. The molecule has 0 unspecified atom stereocenters. The predicted octanol–water partition coefficient (Wildman–Crippen LogP) is 4.51. The van der Waals surface area contributed by atoms with Crippen molar-refractivity contribution in [1.29, 1.82) is 0 Å². The van der Waals surface area contributed by atoms with Crippen LogP contribution in [0.4, 0.5) is 5.69 Å². The van der Waals surface area contributed by atoms with Crippen molar-refractivity contribution in [2.24, 2.45) is 0 Å². The van der Waals surface area contributed by atoms with E-state index in [-0.39, 0.29) is 28.4 Å². The molecule has 176 valence electrons. The molecule has 0 spiro atoms. The van der Waals surface area contributed by atoms with Gasteiger partial charge in [0.05, 0.1) is 17.7 Å². The second kappa shape index (κ2) is 11.1. The topological polar surface area (TPSA) is 78.9 Å². The van der Waals surface area contributed by atoms with E-state index >= 15 is 0 Å². The van der Waals surface area contributed by atoms with Gasteiger partial charge < -0.3 is 15.2 Å². The Morgan fingerprint density at radius 3 is 2.24 bits per heavy atom. The van der Waals surface area contributed by atoms with Crippen molar-refractivity contribution >= 4 is 17.3 Å². The van der Waals surface area contributed by atoms with Gasteiger partial charge in [0.15, 0.2) is 11.6 Å². The Kier molecular flexibility index (Phi) is 7.72. The van der Waals surface area contributed by atoms with Gasteiger partial charge >= 0.3 is 0 Å². The molecule has 4 rings (SSSR count). The smallest absolute Gasteiger partial charge is 0.198 e. The summed E-state index contributed by atoms with van der Waals surface area (Å²) >= 11 is 0. The van der Waals surface area contributed by atoms with Crippen molar-refractivity contribution in [3.05, 3.63) is 94.5 Å². The van der Waals surface area contributed by atoms with Gasteiger partial charge in [-0.2, -0.15) is 0 Å². The molecule has 0 aromatic heterocycles. The third kappa shape index (κ3) is 5.19. The number of aromatic hydroxyl groups is 1. The predicted molar refractivity (Wildman–Crippen MR) is 133 cm³/mol. The van der Waals surface area contributed by atoms with Gasteiger partial charge in [-0.1, -0.05) is 54.6 Å². The van der Waals surface area contributed by atoms with Gasteiger partial charge in [0, 0.05) is 49.6 Å². The molecule has 3 aromatic rings. The number of carbonyl (C=O) groups is 2. The molecule has 6 heteroatoms. The summed E-state index contributed by atoms with van der Waals surface area (Å²) in [5.74, 6) is -0.735. The average molecular weight is 459 g/mol. The second-order valence-electron chi connectivity index (χ2n) is 8.33. The fourth-order valence-corrected chi connectivity index (χ4v) is 4.33. The zero-order valence-electron chi connectivity index (χ0n) is 19.4. The van der Waals surface area contributed by atoms with Gasteiger partial charge in [0.1, 0.15) is 5.75 Å². The minimum atomic E-state index is -0.323. The highest BCUT2D eigenvalue weighted by Crippen LogP contribution is 2.36. The fraction of sp³-hybridized carbons (Fsp3) is 0.286. The molecule has 1 aliphatic carbocycles. The summed E-state index contributed by atoms with van der Waals surface area (Å²) in [6.07, 6.45) is 0.841. The van der Waals surface area contributed by atoms with Crippen molar-refractivity contribution in [3.8, 4) is 5.75 Å². The van der Waals surface area contributed by atoms with Gasteiger partial charge in [0.2, 0.25) is 0 Å². The summed E-state index contributed by atoms with van der Waals surface area (Å²) in [4.78, 5) is 28.5. The van der Waals surface area contributed by atoms with Gasteiger partial charge in [-0.05, 0) is 31.0 Å². The van der Waals surface area contributed by atoms with Crippen LogP contribution >= 0.6 is 0 Å². The Labute approximate surface area is 200 Å². The maximum Gasteiger partial charge on any atom is 0.198 e. The molecule has 1 aliphatic rings. The molecule has 0 fully saturated rings. The van der Waals surface area contributed by atoms with Gasteiger partial charge in [0.25, 0.3) is 0 Å². The van der Waals surface area contributed by atoms with Crippen LogP contribution < -0.4 is 5.32 Å². The van der Waals surface area contributed by atoms with Crippen LogP contribution in [0.15, 0.2) is 66.7 Å². The first-order chi connectivity index (χ1) is 16.6. The molecule has 0 saturated carbocycles. The molecular weight excluding hydrogens is 428 g/mol. The number of nitrogens with one attached hydrogen (secondary N) is 1. The second-order valence-corrected chi connectivity index (χ2v) is 8.33. The molecule has 0 aliphatic heterocycles. The number of phenolic OH excluding ortho intramolecular Hbond substituents is 1. The average Bonchev–Trinajstić information content (AvgIpc) is 2.86. The highest BCUT2D eigenvalue weighted by Gasteiger charge is 2.33. The third-order valence-corrected chi connectivity index (χ3v) is 6.03. The van der Waals surface area contributed by atoms with Gasteiger partial charge in [-0.3, -0.25) is 14.5 Å². The highest BCUT2D eigenvalue weighted by atomic mass is 16.5. The molecule has 6 nitrogen and oxygen atoms in total. The van der Waals surface area contributed by atoms with Crippen LogP contribution in [0.25, 0.3) is 0 Å². The number of anilines is 1. The normalized spacial score (nSPS) is 12.5. The molecule has 2 N–H and O–H groups in total. The number of ether oxygens (including phenoxy) is 1. The quantitative estimate of drug-likeness (QED) is 0.254. The summed E-state index contributed by atoms with van der Waals surface area (Å²) in [6.45, 7) is 6.52. The van der Waals surface area contributed by atoms with Crippen LogP contribution in [0, 0.1) is 0 Å². The number of hydrogen-bond donors (Lipinski definition) is 2. The van der Waals surface area contributed by atoms with E-state index in [1.807, 2.05) is 25.1 Å². The maximum atomic E-state index is 13.2. The molecule has 3 aromatic carbocycles. The Morgan fingerprint density at radius 2 is 1.53 bits per heavy atom. The van der Waals surface area contributed by atoms with Crippen molar-refractivity contribution < 1.29 is 19.4 Å². The number of fused-ring (bicyclic) bond motifs is 2. The minimum Gasteiger partial charge on any atom is -0.507 e. The van der Waals surface area contributed by atoms with E-state index in [2.05, 4.69) is 22.3 Å². The molecule has 34 heavy (non-hydrogen) atoms. The van der Waals surface area contributed by atoms with E-state index < -0.39 is 0 Å². The van der Waals surface area contributed by atoms with E-state index in [1.165, 1.54) is 11.6 Å². The molecule has 0 amide bonds. The zero-order valence-corrected chi connectivity index (χ0v) is 19.4. The SMILES string of the molecule is CCOCCN(CCCNc1ccc(O)c2c1C(=O)c1ccccc1C2=O)Cc1ccccc1. The summed E-state index contributed by atoms with van der Waals surface area (Å²) in [5.41, 5.74) is 2.86. The minimum absolute atomic E-state index is 0.0797. The van der Waals surface area contributed by atoms with Crippen LogP contribution in [0.1, 0.15) is 50.8 Å². The number of rotatable bonds is 11. The monoisotopic (exact) mass is 458 g/mol. The Morgan fingerprint density at radius 1 is 0.853 bits per heavy atom.